The molecule has 0 atom stereocenters. The highest BCUT2D eigenvalue weighted by molar-refractivity contribution is 9.10. The third-order valence-corrected chi connectivity index (χ3v) is 6.50. The van der Waals surface area contributed by atoms with E-state index >= 15 is 0 Å². The first-order valence-corrected chi connectivity index (χ1v) is 10.5. The largest absolute Gasteiger partial charge is 0.469 e. The molecule has 0 saturated heterocycles. The van der Waals surface area contributed by atoms with E-state index in [0.717, 1.165) is 38.8 Å². The number of aryl methyl sites for hydroxylation is 2. The minimum atomic E-state index is 0.292. The quantitative estimate of drug-likeness (QED) is 0.414. The molecule has 0 aliphatic heterocycles. The highest BCUT2D eigenvalue weighted by atomic mass is 79.9. The second kappa shape index (κ2) is 7.05. The molecule has 1 aliphatic carbocycles. The second-order valence-corrected chi connectivity index (χ2v) is 8.54. The monoisotopic (exact) mass is 441 g/mol. The average molecular weight is 442 g/mol. The molecule has 0 N–H and O–H groups in total. The average Bonchev–Trinajstić information content (AvgIpc) is 3.31. The Hall–Kier alpha value is -2.25. The van der Waals surface area contributed by atoms with Crippen molar-refractivity contribution in [3.05, 3.63) is 57.3 Å². The van der Waals surface area contributed by atoms with E-state index in [1.165, 1.54) is 23.3 Å². The maximum absolute atomic E-state index is 6.01. The summed E-state index contributed by atoms with van der Waals surface area (Å²) in [7, 11) is 0. The second-order valence-electron chi connectivity index (χ2n) is 6.54. The van der Waals surface area contributed by atoms with Gasteiger partial charge in [-0.15, -0.1) is 11.3 Å². The molecule has 0 saturated carbocycles. The lowest BCUT2D eigenvalue weighted by Gasteiger charge is -2.11. The van der Waals surface area contributed by atoms with E-state index in [1.54, 1.807) is 17.7 Å². The van der Waals surface area contributed by atoms with Crippen LogP contribution in [0.2, 0.25) is 0 Å². The summed E-state index contributed by atoms with van der Waals surface area (Å²) < 4.78 is 12.5. The summed E-state index contributed by atoms with van der Waals surface area (Å²) in [6, 6.07) is 9.87. The van der Waals surface area contributed by atoms with E-state index in [1.807, 2.05) is 30.3 Å². The third-order valence-electron chi connectivity index (χ3n) is 4.77. The van der Waals surface area contributed by atoms with E-state index in [2.05, 4.69) is 31.1 Å². The van der Waals surface area contributed by atoms with Gasteiger partial charge in [-0.05, 0) is 43.4 Å². The van der Waals surface area contributed by atoms with Crippen LogP contribution < -0.4 is 4.74 Å². The molecule has 0 spiro atoms. The molecule has 27 heavy (non-hydrogen) atoms. The Morgan fingerprint density at radius 1 is 1.11 bits per heavy atom. The fraction of sp³-hybridized carbons (Fsp3) is 0.250. The standard InChI is InChI=1S/C20H16BrN3O2S/c21-13-7-5-12(6-8-13)16-9-14(26-24-16)10-25-19-18-15-3-1-2-4-17(15)27-20(18)23-11-22-19/h5-9,11H,1-4,10H2. The van der Waals surface area contributed by atoms with Crippen molar-refractivity contribution in [2.75, 3.05) is 0 Å². The van der Waals surface area contributed by atoms with Gasteiger partial charge in [0.1, 0.15) is 16.9 Å². The van der Waals surface area contributed by atoms with Crippen molar-refractivity contribution in [2.45, 2.75) is 32.3 Å². The number of thiophene rings is 1. The molecular weight excluding hydrogens is 426 g/mol. The van der Waals surface area contributed by atoms with Gasteiger partial charge >= 0.3 is 0 Å². The summed E-state index contributed by atoms with van der Waals surface area (Å²) in [5.74, 6) is 1.31. The Bertz CT molecular complexity index is 1100. The predicted molar refractivity (Wildman–Crippen MR) is 108 cm³/mol. The van der Waals surface area contributed by atoms with Crippen molar-refractivity contribution in [1.82, 2.24) is 15.1 Å². The number of hydrogen-bond acceptors (Lipinski definition) is 6. The van der Waals surface area contributed by atoms with Crippen molar-refractivity contribution < 1.29 is 9.26 Å². The van der Waals surface area contributed by atoms with E-state index in [0.29, 0.717) is 18.2 Å². The smallest absolute Gasteiger partial charge is 0.226 e. The van der Waals surface area contributed by atoms with E-state index < -0.39 is 0 Å². The number of hydrogen-bond donors (Lipinski definition) is 0. The van der Waals surface area contributed by atoms with Gasteiger partial charge in [-0.2, -0.15) is 0 Å². The van der Waals surface area contributed by atoms with Gasteiger partial charge in [-0.3, -0.25) is 0 Å². The molecule has 3 heterocycles. The Morgan fingerprint density at radius 3 is 2.85 bits per heavy atom. The van der Waals surface area contributed by atoms with Crippen molar-refractivity contribution in [1.29, 1.82) is 0 Å². The van der Waals surface area contributed by atoms with Crippen LogP contribution in [-0.2, 0) is 19.4 Å². The summed E-state index contributed by atoms with van der Waals surface area (Å²) in [5.41, 5.74) is 3.16. The lowest BCUT2D eigenvalue weighted by atomic mass is 9.97. The zero-order valence-corrected chi connectivity index (χ0v) is 16.8. The molecule has 1 aromatic carbocycles. The molecule has 5 rings (SSSR count). The van der Waals surface area contributed by atoms with Crippen LogP contribution in [-0.4, -0.2) is 15.1 Å². The number of rotatable bonds is 4. The van der Waals surface area contributed by atoms with Crippen LogP contribution in [0, 0.1) is 0 Å². The van der Waals surface area contributed by atoms with Crippen LogP contribution in [0.1, 0.15) is 29.0 Å². The minimum absolute atomic E-state index is 0.292. The van der Waals surface area contributed by atoms with Gasteiger partial charge in [0.25, 0.3) is 0 Å². The first-order chi connectivity index (χ1) is 13.3. The molecule has 0 bridgehead atoms. The Morgan fingerprint density at radius 2 is 1.96 bits per heavy atom. The zero-order valence-electron chi connectivity index (χ0n) is 14.4. The van der Waals surface area contributed by atoms with Crippen molar-refractivity contribution >= 4 is 37.5 Å². The highest BCUT2D eigenvalue weighted by Gasteiger charge is 2.21. The number of ether oxygens (including phenoxy) is 1. The zero-order chi connectivity index (χ0) is 18.2. The molecule has 0 radical (unpaired) electrons. The van der Waals surface area contributed by atoms with Crippen LogP contribution in [0.25, 0.3) is 21.5 Å². The van der Waals surface area contributed by atoms with Gasteiger partial charge in [0.2, 0.25) is 5.88 Å². The van der Waals surface area contributed by atoms with Gasteiger partial charge < -0.3 is 9.26 Å². The van der Waals surface area contributed by atoms with Crippen LogP contribution in [0.15, 0.2) is 45.7 Å². The number of fused-ring (bicyclic) bond motifs is 3. The molecule has 5 nitrogen and oxygen atoms in total. The molecule has 0 amide bonds. The lowest BCUT2D eigenvalue weighted by molar-refractivity contribution is 0.244. The molecule has 1 aliphatic rings. The third kappa shape index (κ3) is 3.26. The predicted octanol–water partition coefficient (Wildman–Crippen LogP) is 5.57. The number of halogens is 1. The van der Waals surface area contributed by atoms with Crippen molar-refractivity contribution in [3.8, 4) is 17.1 Å². The van der Waals surface area contributed by atoms with Crippen LogP contribution >= 0.6 is 27.3 Å². The van der Waals surface area contributed by atoms with Gasteiger partial charge in [-0.25, -0.2) is 9.97 Å². The first-order valence-electron chi connectivity index (χ1n) is 8.87. The Labute approximate surface area is 168 Å². The maximum atomic E-state index is 6.01. The fourth-order valence-electron chi connectivity index (χ4n) is 3.45. The van der Waals surface area contributed by atoms with Crippen LogP contribution in [0.3, 0.4) is 0 Å². The van der Waals surface area contributed by atoms with E-state index in [4.69, 9.17) is 9.26 Å². The minimum Gasteiger partial charge on any atom is -0.469 e. The molecule has 3 aromatic heterocycles. The van der Waals surface area contributed by atoms with Gasteiger partial charge in [-0.1, -0.05) is 33.2 Å². The van der Waals surface area contributed by atoms with Gasteiger partial charge in [0, 0.05) is 21.0 Å². The summed E-state index contributed by atoms with van der Waals surface area (Å²) >= 11 is 5.21. The normalized spacial score (nSPS) is 13.7. The number of benzene rings is 1. The number of aromatic nitrogens is 3. The summed E-state index contributed by atoms with van der Waals surface area (Å²) in [6.45, 7) is 0.292. The SMILES string of the molecule is Brc1ccc(-c2cc(COc3ncnc4sc5c(c34)CCCC5)on2)cc1. The van der Waals surface area contributed by atoms with E-state index in [9.17, 15) is 0 Å². The van der Waals surface area contributed by atoms with Crippen molar-refractivity contribution in [2.24, 2.45) is 0 Å². The number of nitrogens with zero attached hydrogens (tertiary/aromatic N) is 3. The summed E-state index contributed by atoms with van der Waals surface area (Å²) in [4.78, 5) is 11.3. The van der Waals surface area contributed by atoms with E-state index in [-0.39, 0.29) is 0 Å². The molecule has 7 heteroatoms. The maximum Gasteiger partial charge on any atom is 0.226 e. The highest BCUT2D eigenvalue weighted by Crippen LogP contribution is 2.39. The molecule has 136 valence electrons. The molecule has 0 unspecified atom stereocenters. The summed E-state index contributed by atoms with van der Waals surface area (Å²) in [6.07, 6.45) is 6.25. The van der Waals surface area contributed by atoms with Crippen LogP contribution in [0.5, 0.6) is 5.88 Å². The van der Waals surface area contributed by atoms with Gasteiger partial charge in [0.05, 0.1) is 5.39 Å². The molecular formula is C20H16BrN3O2S. The first kappa shape index (κ1) is 16.9. The Balaban J connectivity index is 1.39. The summed E-state index contributed by atoms with van der Waals surface area (Å²) in [5, 5.41) is 5.22. The topological polar surface area (TPSA) is 61.0 Å². The molecule has 0 fully saturated rings. The Kier molecular flexibility index (Phi) is 4.41. The van der Waals surface area contributed by atoms with Crippen LogP contribution in [0.4, 0.5) is 0 Å². The lowest BCUT2D eigenvalue weighted by Crippen LogP contribution is -2.01. The molecule has 4 aromatic rings. The van der Waals surface area contributed by atoms with Gasteiger partial charge in [0.15, 0.2) is 12.4 Å². The van der Waals surface area contributed by atoms with Crippen molar-refractivity contribution in [3.63, 3.8) is 0 Å². The fourth-order valence-corrected chi connectivity index (χ4v) is 4.93.